The molecule has 0 atom stereocenters. The maximum Gasteiger partial charge on any atom is 0.309 e. The summed E-state index contributed by atoms with van der Waals surface area (Å²) in [5.74, 6) is -5.64. The Morgan fingerprint density at radius 1 is 0.786 bits per heavy atom. The number of aliphatic carboxylic acids is 2. The van der Waals surface area contributed by atoms with Crippen molar-refractivity contribution >= 4 is 23.8 Å². The molecule has 0 aliphatic rings. The van der Waals surface area contributed by atoms with Gasteiger partial charge in [-0.05, 0) is 0 Å². The fraction of sp³-hybridized carbons (Fsp3) is 0.333. The van der Waals surface area contributed by atoms with Gasteiger partial charge in [0.25, 0.3) is 0 Å². The third-order valence-electron chi connectivity index (χ3n) is 0.993. The van der Waals surface area contributed by atoms with E-state index in [1.54, 1.807) is 10.6 Å². The number of amides is 2. The number of hydrogen-bond acceptors (Lipinski definition) is 6. The molecular formula is C6H6N2O6-2. The number of carboxylic acids is 2. The predicted molar refractivity (Wildman–Crippen MR) is 36.0 cm³/mol. The number of carboxylic acid groups (broad SMARTS) is 2. The molecule has 0 aliphatic heterocycles. The van der Waals surface area contributed by atoms with Crippen LogP contribution in [0.25, 0.3) is 0 Å². The zero-order chi connectivity index (χ0) is 11.1. The molecule has 0 heterocycles. The lowest BCUT2D eigenvalue weighted by atomic mass is 10.5. The Labute approximate surface area is 77.9 Å². The van der Waals surface area contributed by atoms with Crippen LogP contribution in [0.3, 0.4) is 0 Å². The van der Waals surface area contributed by atoms with Crippen LogP contribution < -0.4 is 20.8 Å². The van der Waals surface area contributed by atoms with E-state index in [1.165, 1.54) is 0 Å². The van der Waals surface area contributed by atoms with Gasteiger partial charge in [-0.2, -0.15) is 0 Å². The molecule has 0 aromatic carbocycles. The molecule has 8 nitrogen and oxygen atoms in total. The number of nitrogens with one attached hydrogen (secondary N) is 2. The second-order valence-electron chi connectivity index (χ2n) is 2.11. The van der Waals surface area contributed by atoms with E-state index in [4.69, 9.17) is 0 Å². The highest BCUT2D eigenvalue weighted by Gasteiger charge is 2.11. The minimum Gasteiger partial charge on any atom is -0.548 e. The lowest BCUT2D eigenvalue weighted by Gasteiger charge is -2.06. The lowest BCUT2D eigenvalue weighted by Crippen LogP contribution is -2.47. The van der Waals surface area contributed by atoms with E-state index in [2.05, 4.69) is 0 Å². The molecule has 0 saturated carbocycles. The summed E-state index contributed by atoms with van der Waals surface area (Å²) in [4.78, 5) is 40.9. The van der Waals surface area contributed by atoms with Gasteiger partial charge in [0.1, 0.15) is 0 Å². The van der Waals surface area contributed by atoms with Gasteiger partial charge >= 0.3 is 11.8 Å². The lowest BCUT2D eigenvalue weighted by molar-refractivity contribution is -0.305. The van der Waals surface area contributed by atoms with E-state index >= 15 is 0 Å². The molecule has 0 spiro atoms. The molecule has 0 rings (SSSR count). The first-order valence-electron chi connectivity index (χ1n) is 3.39. The Balaban J connectivity index is 3.82. The van der Waals surface area contributed by atoms with Crippen LogP contribution in [0, 0.1) is 0 Å². The van der Waals surface area contributed by atoms with Crippen LogP contribution in [0.15, 0.2) is 0 Å². The highest BCUT2D eigenvalue weighted by atomic mass is 16.4. The Hall–Kier alpha value is -2.12. The third-order valence-corrected chi connectivity index (χ3v) is 0.993. The molecule has 0 aromatic heterocycles. The van der Waals surface area contributed by atoms with Gasteiger partial charge < -0.3 is 30.4 Å². The quantitative estimate of drug-likeness (QED) is 0.436. The zero-order valence-electron chi connectivity index (χ0n) is 6.86. The van der Waals surface area contributed by atoms with Crippen LogP contribution in [0.2, 0.25) is 0 Å². The highest BCUT2D eigenvalue weighted by Crippen LogP contribution is 1.68. The van der Waals surface area contributed by atoms with Crippen molar-refractivity contribution in [3.63, 3.8) is 0 Å². The molecule has 0 aliphatic carbocycles. The maximum absolute atomic E-state index is 10.6. The van der Waals surface area contributed by atoms with E-state index in [0.29, 0.717) is 0 Å². The van der Waals surface area contributed by atoms with Gasteiger partial charge in [0, 0.05) is 0 Å². The molecule has 2 N–H and O–H groups in total. The van der Waals surface area contributed by atoms with Crippen LogP contribution in [0.5, 0.6) is 0 Å². The number of carbonyl (C=O) groups excluding carboxylic acids is 4. The van der Waals surface area contributed by atoms with Gasteiger partial charge in [0.15, 0.2) is 0 Å². The van der Waals surface area contributed by atoms with Crippen molar-refractivity contribution in [1.29, 1.82) is 0 Å². The van der Waals surface area contributed by atoms with Crippen molar-refractivity contribution in [2.75, 3.05) is 13.1 Å². The molecule has 78 valence electrons. The second-order valence-corrected chi connectivity index (χ2v) is 2.11. The van der Waals surface area contributed by atoms with Crippen LogP contribution in [-0.4, -0.2) is 36.8 Å². The van der Waals surface area contributed by atoms with E-state index in [1.807, 2.05) is 0 Å². The topological polar surface area (TPSA) is 138 Å². The second kappa shape index (κ2) is 5.51. The molecule has 0 saturated heterocycles. The number of hydrogen-bond donors (Lipinski definition) is 2. The summed E-state index contributed by atoms with van der Waals surface area (Å²) in [5, 5.41) is 23.0. The van der Waals surface area contributed by atoms with Gasteiger partial charge in [-0.3, -0.25) is 9.59 Å². The van der Waals surface area contributed by atoms with Crippen LogP contribution in [-0.2, 0) is 19.2 Å². The predicted octanol–water partition coefficient (Wildman–Crippen LogP) is -5.28. The Bertz CT molecular complexity index is 245. The van der Waals surface area contributed by atoms with Crippen LogP contribution in [0.4, 0.5) is 0 Å². The molecular weight excluding hydrogens is 196 g/mol. The third kappa shape index (κ3) is 5.52. The first kappa shape index (κ1) is 11.9. The smallest absolute Gasteiger partial charge is 0.309 e. The minimum absolute atomic E-state index is 0.822. The molecule has 0 bridgehead atoms. The molecule has 0 aromatic rings. The fourth-order valence-electron chi connectivity index (χ4n) is 0.465. The summed E-state index contributed by atoms with van der Waals surface area (Å²) in [6.45, 7) is -1.64. The summed E-state index contributed by atoms with van der Waals surface area (Å²) < 4.78 is 0. The van der Waals surface area contributed by atoms with E-state index in [9.17, 15) is 29.4 Å². The SMILES string of the molecule is O=C([O-])CNC(=O)C(=O)NCC(=O)[O-]. The van der Waals surface area contributed by atoms with Crippen molar-refractivity contribution in [3.05, 3.63) is 0 Å². The van der Waals surface area contributed by atoms with Crippen molar-refractivity contribution in [3.8, 4) is 0 Å². The summed E-state index contributed by atoms with van der Waals surface area (Å²) in [6, 6.07) is 0. The van der Waals surface area contributed by atoms with Crippen molar-refractivity contribution < 1.29 is 29.4 Å². The average Bonchev–Trinajstić information content (AvgIpc) is 2.09. The first-order valence-corrected chi connectivity index (χ1v) is 3.39. The Morgan fingerprint density at radius 2 is 1.07 bits per heavy atom. The van der Waals surface area contributed by atoms with Gasteiger partial charge in [-0.15, -0.1) is 0 Å². The summed E-state index contributed by atoms with van der Waals surface area (Å²) in [7, 11) is 0. The van der Waals surface area contributed by atoms with Gasteiger partial charge in [-0.1, -0.05) is 0 Å². The van der Waals surface area contributed by atoms with E-state index in [-0.39, 0.29) is 0 Å². The first-order chi connectivity index (χ1) is 6.43. The van der Waals surface area contributed by atoms with Crippen LogP contribution in [0.1, 0.15) is 0 Å². The minimum atomic E-state index is -1.56. The molecule has 8 heteroatoms. The summed E-state index contributed by atoms with van der Waals surface area (Å²) in [6.07, 6.45) is 0. The average molecular weight is 202 g/mol. The normalized spacial score (nSPS) is 8.86. The largest absolute Gasteiger partial charge is 0.548 e. The summed E-state index contributed by atoms with van der Waals surface area (Å²) in [5.41, 5.74) is 0. The van der Waals surface area contributed by atoms with Crippen molar-refractivity contribution in [1.82, 2.24) is 10.6 Å². The number of carbonyl (C=O) groups is 4. The molecule has 2 amide bonds. The van der Waals surface area contributed by atoms with Gasteiger partial charge in [0.2, 0.25) is 0 Å². The summed E-state index contributed by atoms with van der Waals surface area (Å²) >= 11 is 0. The standard InChI is InChI=1S/C6H8N2O6/c9-3(10)1-7-5(13)6(14)8-2-4(11)12/h1-2H2,(H,7,13)(H,8,14)(H,9,10)(H,11,12)/p-2. The molecule has 0 radical (unpaired) electrons. The van der Waals surface area contributed by atoms with Gasteiger partial charge in [0.05, 0.1) is 25.0 Å². The highest BCUT2D eigenvalue weighted by molar-refractivity contribution is 6.35. The van der Waals surface area contributed by atoms with Crippen molar-refractivity contribution in [2.24, 2.45) is 0 Å². The fourth-order valence-corrected chi connectivity index (χ4v) is 0.465. The van der Waals surface area contributed by atoms with E-state index < -0.39 is 36.8 Å². The molecule has 0 unspecified atom stereocenters. The van der Waals surface area contributed by atoms with Gasteiger partial charge in [-0.25, -0.2) is 0 Å². The monoisotopic (exact) mass is 202 g/mol. The van der Waals surface area contributed by atoms with Crippen molar-refractivity contribution in [2.45, 2.75) is 0 Å². The molecule has 0 fully saturated rings. The Morgan fingerprint density at radius 3 is 1.29 bits per heavy atom. The maximum atomic E-state index is 10.6. The van der Waals surface area contributed by atoms with Crippen LogP contribution >= 0.6 is 0 Å². The number of rotatable bonds is 4. The Kier molecular flexibility index (Phi) is 4.68. The molecule has 14 heavy (non-hydrogen) atoms. The zero-order valence-corrected chi connectivity index (χ0v) is 6.86. The van der Waals surface area contributed by atoms with E-state index in [0.717, 1.165) is 0 Å².